The van der Waals surface area contributed by atoms with Gasteiger partial charge in [-0.1, -0.05) is 55.2 Å². The molecule has 0 saturated heterocycles. The maximum atomic E-state index is 12.3. The molecular weight excluding hydrogens is 349 g/mol. The molecule has 0 fully saturated rings. The minimum Gasteiger partial charge on any atom is -0.325 e. The summed E-state index contributed by atoms with van der Waals surface area (Å²) in [6, 6.07) is 11.3. The zero-order valence-corrected chi connectivity index (χ0v) is 15.6. The highest BCUT2D eigenvalue weighted by molar-refractivity contribution is 8.00. The molecule has 0 heterocycles. The van der Waals surface area contributed by atoms with Gasteiger partial charge in [-0.25, -0.2) is 0 Å². The first-order valence-electron chi connectivity index (χ1n) is 7.35. The van der Waals surface area contributed by atoms with Crippen molar-refractivity contribution in [1.82, 2.24) is 0 Å². The van der Waals surface area contributed by atoms with Gasteiger partial charge in [0, 0.05) is 15.6 Å². The Morgan fingerprint density at radius 1 is 1.22 bits per heavy atom. The average Bonchev–Trinajstić information content (AvgIpc) is 2.50. The molecule has 122 valence electrons. The van der Waals surface area contributed by atoms with Gasteiger partial charge in [0.15, 0.2) is 0 Å². The Balaban J connectivity index is 2.07. The molecule has 1 N–H and O–H groups in total. The van der Waals surface area contributed by atoms with Crippen molar-refractivity contribution in [3.05, 3.63) is 57.6 Å². The van der Waals surface area contributed by atoms with Crippen LogP contribution in [0.5, 0.6) is 0 Å². The maximum Gasteiger partial charge on any atom is 0.234 e. The first kappa shape index (κ1) is 18.2. The van der Waals surface area contributed by atoms with Gasteiger partial charge in [-0.05, 0) is 42.2 Å². The van der Waals surface area contributed by atoms with Gasteiger partial charge in [-0.2, -0.15) is 0 Å². The van der Waals surface area contributed by atoms with E-state index >= 15 is 0 Å². The summed E-state index contributed by atoms with van der Waals surface area (Å²) in [5.74, 6) is 0.578. The lowest BCUT2D eigenvalue weighted by Gasteiger charge is -2.16. The van der Waals surface area contributed by atoms with Crippen LogP contribution in [-0.4, -0.2) is 11.7 Å². The van der Waals surface area contributed by atoms with Crippen molar-refractivity contribution in [2.45, 2.75) is 31.6 Å². The van der Waals surface area contributed by atoms with Gasteiger partial charge in [-0.15, -0.1) is 11.8 Å². The molecule has 2 aromatic rings. The summed E-state index contributed by atoms with van der Waals surface area (Å²) >= 11 is 13.5. The molecular formula is C18H19Cl2NOS. The van der Waals surface area contributed by atoms with Crippen molar-refractivity contribution in [1.29, 1.82) is 0 Å². The molecule has 2 nitrogen and oxygen atoms in total. The number of anilines is 1. The third-order valence-electron chi connectivity index (χ3n) is 3.44. The average molecular weight is 368 g/mol. The van der Waals surface area contributed by atoms with E-state index in [1.807, 2.05) is 25.1 Å². The summed E-state index contributed by atoms with van der Waals surface area (Å²) in [4.78, 5) is 13.1. The van der Waals surface area contributed by atoms with Crippen LogP contribution in [0.25, 0.3) is 0 Å². The number of benzene rings is 2. The normalized spacial score (nSPS) is 10.9. The number of para-hydroxylation sites is 1. The van der Waals surface area contributed by atoms with E-state index in [9.17, 15) is 4.79 Å². The molecule has 1 amide bonds. The molecule has 0 atom stereocenters. The zero-order valence-electron chi connectivity index (χ0n) is 13.3. The minimum absolute atomic E-state index is 0.0535. The number of halogens is 2. The summed E-state index contributed by atoms with van der Waals surface area (Å²) in [6.07, 6.45) is 0. The second-order valence-corrected chi connectivity index (χ2v) is 7.47. The Hall–Kier alpha value is -1.16. The van der Waals surface area contributed by atoms with Crippen LogP contribution < -0.4 is 5.32 Å². The van der Waals surface area contributed by atoms with Gasteiger partial charge in [0.1, 0.15) is 0 Å². The molecule has 0 aromatic heterocycles. The lowest BCUT2D eigenvalue weighted by atomic mass is 9.98. The molecule has 0 radical (unpaired) electrons. The van der Waals surface area contributed by atoms with Crippen LogP contribution in [0.3, 0.4) is 0 Å². The molecule has 0 saturated carbocycles. The van der Waals surface area contributed by atoms with Crippen LogP contribution >= 0.6 is 35.0 Å². The van der Waals surface area contributed by atoms with E-state index in [0.717, 1.165) is 21.7 Å². The van der Waals surface area contributed by atoms with E-state index in [2.05, 4.69) is 19.2 Å². The Kier molecular flexibility index (Phi) is 6.40. The number of carbonyl (C=O) groups is 1. The number of thioether (sulfide) groups is 1. The monoisotopic (exact) mass is 367 g/mol. The standard InChI is InChI=1S/C18H19Cl2NOS/c1-11(2)14-6-4-5-12(3)18(14)21-17(22)10-23-16-9-13(19)7-8-15(16)20/h4-9,11H,10H2,1-3H3,(H,21,22). The second-order valence-electron chi connectivity index (χ2n) is 5.61. The highest BCUT2D eigenvalue weighted by Crippen LogP contribution is 2.31. The summed E-state index contributed by atoms with van der Waals surface area (Å²) in [5, 5.41) is 4.24. The van der Waals surface area contributed by atoms with Gasteiger partial charge in [0.2, 0.25) is 5.91 Å². The van der Waals surface area contributed by atoms with Crippen LogP contribution in [0.4, 0.5) is 5.69 Å². The van der Waals surface area contributed by atoms with Gasteiger partial charge in [0.25, 0.3) is 0 Å². The van der Waals surface area contributed by atoms with Crippen molar-refractivity contribution >= 4 is 46.6 Å². The van der Waals surface area contributed by atoms with Crippen molar-refractivity contribution in [2.24, 2.45) is 0 Å². The third kappa shape index (κ3) is 4.90. The van der Waals surface area contributed by atoms with Crippen LogP contribution in [0.1, 0.15) is 30.9 Å². The highest BCUT2D eigenvalue weighted by atomic mass is 35.5. The summed E-state index contributed by atoms with van der Waals surface area (Å²) in [7, 11) is 0. The Labute approximate surface area is 151 Å². The Morgan fingerprint density at radius 3 is 2.65 bits per heavy atom. The fourth-order valence-electron chi connectivity index (χ4n) is 2.25. The molecule has 5 heteroatoms. The SMILES string of the molecule is Cc1cccc(C(C)C)c1NC(=O)CSc1cc(Cl)ccc1Cl. The largest absolute Gasteiger partial charge is 0.325 e. The number of amides is 1. The van der Waals surface area contributed by atoms with Crippen LogP contribution in [-0.2, 0) is 4.79 Å². The number of hydrogen-bond donors (Lipinski definition) is 1. The Morgan fingerprint density at radius 2 is 1.96 bits per heavy atom. The van der Waals surface area contributed by atoms with Crippen LogP contribution in [0.15, 0.2) is 41.3 Å². The van der Waals surface area contributed by atoms with E-state index in [4.69, 9.17) is 23.2 Å². The van der Waals surface area contributed by atoms with Crippen molar-refractivity contribution in [3.8, 4) is 0 Å². The predicted molar refractivity (Wildman–Crippen MR) is 101 cm³/mol. The first-order valence-corrected chi connectivity index (χ1v) is 9.10. The van der Waals surface area contributed by atoms with Crippen molar-refractivity contribution in [2.75, 3.05) is 11.1 Å². The van der Waals surface area contributed by atoms with E-state index in [0.29, 0.717) is 16.0 Å². The number of carbonyl (C=O) groups excluding carboxylic acids is 1. The fraction of sp³-hybridized carbons (Fsp3) is 0.278. The molecule has 2 rings (SSSR count). The lowest BCUT2D eigenvalue weighted by Crippen LogP contribution is -2.16. The smallest absolute Gasteiger partial charge is 0.234 e. The molecule has 2 aromatic carbocycles. The predicted octanol–water partition coefficient (Wildman–Crippen LogP) is 6.16. The van der Waals surface area contributed by atoms with Crippen LogP contribution in [0.2, 0.25) is 10.0 Å². The van der Waals surface area contributed by atoms with Gasteiger partial charge in [0.05, 0.1) is 10.8 Å². The molecule has 0 aliphatic rings. The molecule has 23 heavy (non-hydrogen) atoms. The molecule has 0 aliphatic heterocycles. The number of aryl methyl sites for hydroxylation is 1. The zero-order chi connectivity index (χ0) is 17.0. The van der Waals surface area contributed by atoms with E-state index in [1.165, 1.54) is 11.8 Å². The number of rotatable bonds is 5. The first-order chi connectivity index (χ1) is 10.9. The van der Waals surface area contributed by atoms with Crippen molar-refractivity contribution < 1.29 is 4.79 Å². The van der Waals surface area contributed by atoms with Gasteiger partial charge in [-0.3, -0.25) is 4.79 Å². The molecule has 0 spiro atoms. The topological polar surface area (TPSA) is 29.1 Å². The molecule has 0 aliphatic carbocycles. The van der Waals surface area contributed by atoms with Gasteiger partial charge >= 0.3 is 0 Å². The van der Waals surface area contributed by atoms with Gasteiger partial charge < -0.3 is 5.32 Å². The summed E-state index contributed by atoms with van der Waals surface area (Å²) < 4.78 is 0. The third-order valence-corrected chi connectivity index (χ3v) is 5.18. The molecule has 0 bridgehead atoms. The fourth-order valence-corrected chi connectivity index (χ4v) is 3.54. The maximum absolute atomic E-state index is 12.3. The summed E-state index contributed by atoms with van der Waals surface area (Å²) in [6.45, 7) is 6.23. The quantitative estimate of drug-likeness (QED) is 0.641. The van der Waals surface area contributed by atoms with E-state index in [-0.39, 0.29) is 11.7 Å². The van der Waals surface area contributed by atoms with Crippen molar-refractivity contribution in [3.63, 3.8) is 0 Å². The number of hydrogen-bond acceptors (Lipinski definition) is 2. The Bertz CT molecular complexity index is 716. The lowest BCUT2D eigenvalue weighted by molar-refractivity contribution is -0.113. The molecule has 0 unspecified atom stereocenters. The van der Waals surface area contributed by atoms with E-state index in [1.54, 1.807) is 18.2 Å². The van der Waals surface area contributed by atoms with Crippen LogP contribution in [0, 0.1) is 6.92 Å². The number of nitrogens with one attached hydrogen (secondary N) is 1. The summed E-state index contributed by atoms with van der Waals surface area (Å²) in [5.41, 5.74) is 3.12. The minimum atomic E-state index is -0.0535. The highest BCUT2D eigenvalue weighted by Gasteiger charge is 2.13. The van der Waals surface area contributed by atoms with E-state index < -0.39 is 0 Å². The second kappa shape index (κ2) is 8.09.